The minimum absolute atomic E-state index is 0.0550. The topological polar surface area (TPSA) is 42.6 Å². The molecule has 3 nitrogen and oxygen atoms in total. The van der Waals surface area contributed by atoms with Gasteiger partial charge in [0.2, 0.25) is 0 Å². The molecule has 1 aromatic rings. The quantitative estimate of drug-likeness (QED) is 0.600. The van der Waals surface area contributed by atoms with Crippen LogP contribution in [0.15, 0.2) is 34.8 Å². The number of allylic oxidation sites excluding steroid dienone is 2. The molecule has 0 aliphatic heterocycles. The molecule has 26 heavy (non-hydrogen) atoms. The van der Waals surface area contributed by atoms with Crippen molar-refractivity contribution in [2.24, 2.45) is 16.7 Å². The molecular weight excluding hydrogens is 340 g/mol. The Balaban J connectivity index is 2.05. The Bertz CT molecular complexity index is 681. The molecule has 1 aromatic heterocycles. The largest absolute Gasteiger partial charge is 0.512 e. The SMILES string of the molecule is CC1(C)CC[C@H](O[Si](C)(C)C(C)(C)C)[C@@]2(C)[C@H](c3ccoc3)C(O)=C[C@@H]12. The molecular formula is C22H36O3Si. The number of hydrogen-bond donors (Lipinski definition) is 1. The van der Waals surface area contributed by atoms with Crippen LogP contribution in [0.25, 0.3) is 0 Å². The number of furan rings is 1. The molecule has 0 saturated heterocycles. The van der Waals surface area contributed by atoms with E-state index < -0.39 is 8.32 Å². The van der Waals surface area contributed by atoms with Crippen molar-refractivity contribution in [2.45, 2.75) is 84.5 Å². The molecule has 2 aliphatic rings. The zero-order valence-corrected chi connectivity index (χ0v) is 18.7. The summed E-state index contributed by atoms with van der Waals surface area (Å²) in [7, 11) is -1.91. The summed E-state index contributed by atoms with van der Waals surface area (Å²) in [5.41, 5.74) is 1.05. The van der Waals surface area contributed by atoms with Gasteiger partial charge in [0, 0.05) is 11.0 Å². The predicted molar refractivity (Wildman–Crippen MR) is 109 cm³/mol. The van der Waals surface area contributed by atoms with Gasteiger partial charge in [-0.1, -0.05) is 41.5 Å². The van der Waals surface area contributed by atoms with Crippen LogP contribution in [0.1, 0.15) is 65.9 Å². The zero-order valence-electron chi connectivity index (χ0n) is 17.7. The van der Waals surface area contributed by atoms with Crippen LogP contribution in [0.3, 0.4) is 0 Å². The van der Waals surface area contributed by atoms with E-state index in [1.54, 1.807) is 12.5 Å². The molecule has 4 heteroatoms. The molecule has 0 aromatic carbocycles. The van der Waals surface area contributed by atoms with Gasteiger partial charge in [-0.25, -0.2) is 0 Å². The van der Waals surface area contributed by atoms with E-state index in [0.717, 1.165) is 18.4 Å². The highest BCUT2D eigenvalue weighted by Gasteiger charge is 2.61. The average molecular weight is 377 g/mol. The Labute approximate surface area is 160 Å². The fourth-order valence-corrected chi connectivity index (χ4v) is 6.49. The standard InChI is InChI=1S/C22H36O3Si/c1-20(2,3)26(7,8)25-18-9-11-21(4,5)17-13-16(23)19(22(17,18)6)15-10-12-24-14-15/h10,12-14,17-19,23H,9,11H2,1-8H3/t17-,18-,19+,22-/m0/s1. The van der Waals surface area contributed by atoms with E-state index in [-0.39, 0.29) is 27.9 Å². The molecule has 0 amide bonds. The summed E-state index contributed by atoms with van der Waals surface area (Å²) in [6.45, 7) is 18.5. The van der Waals surface area contributed by atoms with Crippen LogP contribution < -0.4 is 0 Å². The van der Waals surface area contributed by atoms with Gasteiger partial charge in [0.05, 0.1) is 30.3 Å². The minimum Gasteiger partial charge on any atom is -0.512 e. The lowest BCUT2D eigenvalue weighted by molar-refractivity contribution is -0.0746. The Kier molecular flexibility index (Phi) is 4.56. The molecule has 0 bridgehead atoms. The van der Waals surface area contributed by atoms with Crippen LogP contribution in [-0.2, 0) is 4.43 Å². The second-order valence-electron chi connectivity index (χ2n) is 10.8. The van der Waals surface area contributed by atoms with Gasteiger partial charge in [-0.2, -0.15) is 0 Å². The van der Waals surface area contributed by atoms with Crippen molar-refractivity contribution in [1.82, 2.24) is 0 Å². The highest BCUT2D eigenvalue weighted by atomic mass is 28.4. The van der Waals surface area contributed by atoms with E-state index in [1.807, 2.05) is 6.07 Å². The molecule has 0 radical (unpaired) electrons. The van der Waals surface area contributed by atoms with Crippen molar-refractivity contribution in [3.05, 3.63) is 36.0 Å². The predicted octanol–water partition coefficient (Wildman–Crippen LogP) is 6.65. The molecule has 3 rings (SSSR count). The van der Waals surface area contributed by atoms with E-state index in [9.17, 15) is 5.11 Å². The first-order valence-electron chi connectivity index (χ1n) is 9.91. The molecule has 2 aliphatic carbocycles. The molecule has 4 atom stereocenters. The second kappa shape index (κ2) is 6.00. The van der Waals surface area contributed by atoms with Gasteiger partial charge in [0.25, 0.3) is 0 Å². The molecule has 0 unspecified atom stereocenters. The van der Waals surface area contributed by atoms with Gasteiger partial charge in [-0.05, 0) is 54.4 Å². The Hall–Kier alpha value is -1.00. The lowest BCUT2D eigenvalue weighted by Crippen LogP contribution is -2.56. The number of aliphatic hydroxyl groups excluding tert-OH is 1. The molecule has 1 N–H and O–H groups in total. The second-order valence-corrected chi connectivity index (χ2v) is 15.6. The first kappa shape index (κ1) is 19.8. The van der Waals surface area contributed by atoms with Gasteiger partial charge in [-0.3, -0.25) is 0 Å². The lowest BCUT2D eigenvalue weighted by Gasteiger charge is -2.56. The maximum Gasteiger partial charge on any atom is 0.192 e. The average Bonchev–Trinajstić information content (AvgIpc) is 3.08. The Morgan fingerprint density at radius 3 is 2.42 bits per heavy atom. The summed E-state index contributed by atoms with van der Waals surface area (Å²) in [4.78, 5) is 0. The molecule has 0 spiro atoms. The van der Waals surface area contributed by atoms with Gasteiger partial charge >= 0.3 is 0 Å². The van der Waals surface area contributed by atoms with Gasteiger partial charge < -0.3 is 13.9 Å². The van der Waals surface area contributed by atoms with E-state index in [1.165, 1.54) is 0 Å². The van der Waals surface area contributed by atoms with Crippen molar-refractivity contribution < 1.29 is 13.9 Å². The summed E-state index contributed by atoms with van der Waals surface area (Å²) < 4.78 is 12.4. The van der Waals surface area contributed by atoms with E-state index in [0.29, 0.717) is 11.7 Å². The maximum atomic E-state index is 10.9. The van der Waals surface area contributed by atoms with Crippen molar-refractivity contribution in [2.75, 3.05) is 0 Å². The van der Waals surface area contributed by atoms with Gasteiger partial charge in [-0.15, -0.1) is 0 Å². The normalized spacial score (nSPS) is 34.5. The fraction of sp³-hybridized carbons (Fsp3) is 0.727. The number of hydrogen-bond acceptors (Lipinski definition) is 3. The molecule has 1 heterocycles. The first-order valence-corrected chi connectivity index (χ1v) is 12.8. The minimum atomic E-state index is -1.91. The summed E-state index contributed by atoms with van der Waals surface area (Å²) in [6.07, 6.45) is 7.90. The van der Waals surface area contributed by atoms with Crippen molar-refractivity contribution in [1.29, 1.82) is 0 Å². The van der Waals surface area contributed by atoms with Crippen LogP contribution in [0.2, 0.25) is 18.1 Å². The summed E-state index contributed by atoms with van der Waals surface area (Å²) in [6, 6.07) is 1.99. The van der Waals surface area contributed by atoms with E-state index >= 15 is 0 Å². The molecule has 1 fully saturated rings. The highest BCUT2D eigenvalue weighted by Crippen LogP contribution is 2.64. The van der Waals surface area contributed by atoms with Crippen molar-refractivity contribution in [3.8, 4) is 0 Å². The van der Waals surface area contributed by atoms with Crippen molar-refractivity contribution >= 4 is 8.32 Å². The van der Waals surface area contributed by atoms with Crippen LogP contribution in [-0.4, -0.2) is 19.5 Å². The van der Waals surface area contributed by atoms with E-state index in [4.69, 9.17) is 8.84 Å². The van der Waals surface area contributed by atoms with Crippen LogP contribution in [0, 0.1) is 16.7 Å². The van der Waals surface area contributed by atoms with Crippen molar-refractivity contribution in [3.63, 3.8) is 0 Å². The fourth-order valence-electron chi connectivity index (χ4n) is 5.06. The smallest absolute Gasteiger partial charge is 0.192 e. The zero-order chi connectivity index (χ0) is 19.5. The number of rotatable bonds is 3. The Morgan fingerprint density at radius 1 is 1.23 bits per heavy atom. The van der Waals surface area contributed by atoms with Crippen LogP contribution in [0.5, 0.6) is 0 Å². The van der Waals surface area contributed by atoms with Crippen LogP contribution in [0.4, 0.5) is 0 Å². The Morgan fingerprint density at radius 2 is 1.88 bits per heavy atom. The van der Waals surface area contributed by atoms with Crippen LogP contribution >= 0.6 is 0 Å². The summed E-state index contributed by atoms with van der Waals surface area (Å²) >= 11 is 0. The van der Waals surface area contributed by atoms with Gasteiger partial charge in [0.15, 0.2) is 8.32 Å². The molecule has 146 valence electrons. The first-order chi connectivity index (χ1) is 11.8. The van der Waals surface area contributed by atoms with Gasteiger partial charge in [0.1, 0.15) is 0 Å². The van der Waals surface area contributed by atoms with E-state index in [2.05, 4.69) is 60.7 Å². The third-order valence-electron chi connectivity index (χ3n) is 7.63. The third-order valence-corrected chi connectivity index (χ3v) is 12.1. The number of aliphatic hydroxyl groups is 1. The highest BCUT2D eigenvalue weighted by molar-refractivity contribution is 6.74. The lowest BCUT2D eigenvalue weighted by atomic mass is 9.53. The monoisotopic (exact) mass is 376 g/mol. The third kappa shape index (κ3) is 2.90. The summed E-state index contributed by atoms with van der Waals surface area (Å²) in [5, 5.41) is 11.1. The maximum absolute atomic E-state index is 10.9. The number of fused-ring (bicyclic) bond motifs is 1. The molecule has 1 saturated carbocycles. The summed E-state index contributed by atoms with van der Waals surface area (Å²) in [5.74, 6) is 0.719.